The zero-order valence-corrected chi connectivity index (χ0v) is 16.0. The number of esters is 1. The molecular weight excluding hydrogens is 361 g/mol. The quantitative estimate of drug-likeness (QED) is 0.656. The maximum absolute atomic E-state index is 13.2. The first-order chi connectivity index (χ1) is 13.2. The van der Waals surface area contributed by atoms with Crippen LogP contribution >= 0.6 is 0 Å². The van der Waals surface area contributed by atoms with Gasteiger partial charge in [-0.2, -0.15) is 5.10 Å². The van der Waals surface area contributed by atoms with E-state index in [1.807, 2.05) is 0 Å². The van der Waals surface area contributed by atoms with Crippen molar-refractivity contribution in [1.29, 1.82) is 0 Å². The van der Waals surface area contributed by atoms with Crippen LogP contribution < -0.4 is 5.32 Å². The third-order valence-electron chi connectivity index (χ3n) is 3.98. The molecule has 1 aromatic heterocycles. The molecule has 7 heteroatoms. The Labute approximate surface area is 162 Å². The molecule has 0 unspecified atom stereocenters. The van der Waals surface area contributed by atoms with Gasteiger partial charge in [-0.1, -0.05) is 0 Å². The van der Waals surface area contributed by atoms with E-state index in [-0.39, 0.29) is 30.7 Å². The number of ether oxygens (including phenoxy) is 1. The number of H-pyrrole nitrogens is 1. The van der Waals surface area contributed by atoms with Gasteiger partial charge in [0.2, 0.25) is 0 Å². The molecule has 0 saturated carbocycles. The molecule has 0 fully saturated rings. The van der Waals surface area contributed by atoms with Gasteiger partial charge in [-0.3, -0.25) is 14.7 Å². The molecule has 0 aliphatic carbocycles. The number of nitrogens with zero attached hydrogens (tertiary/aromatic N) is 1. The van der Waals surface area contributed by atoms with Gasteiger partial charge >= 0.3 is 5.97 Å². The molecule has 2 aromatic carbocycles. The Bertz CT molecular complexity index is 1000. The zero-order valence-electron chi connectivity index (χ0n) is 16.0. The first-order valence-corrected chi connectivity index (χ1v) is 8.97. The summed E-state index contributed by atoms with van der Waals surface area (Å²) in [4.78, 5) is 24.2. The standard InChI is InChI=1S/C21H22FN3O3/c1-21(2,3)28-18(26)10-11-23-20(27)14-6-9-17-16(12-14)19(25-24-17)13-4-7-15(22)8-5-13/h4-9,12H,10-11H2,1-3H3,(H,23,27)(H,24,25). The van der Waals surface area contributed by atoms with Crippen LogP contribution in [0.25, 0.3) is 22.2 Å². The molecule has 3 rings (SSSR count). The predicted molar refractivity (Wildman–Crippen MR) is 104 cm³/mol. The second-order valence-electron chi connectivity index (χ2n) is 7.43. The maximum Gasteiger partial charge on any atom is 0.308 e. The smallest absolute Gasteiger partial charge is 0.308 e. The van der Waals surface area contributed by atoms with Crippen molar-refractivity contribution in [1.82, 2.24) is 15.5 Å². The Morgan fingerprint density at radius 1 is 1.14 bits per heavy atom. The van der Waals surface area contributed by atoms with Gasteiger partial charge in [-0.05, 0) is 63.2 Å². The van der Waals surface area contributed by atoms with Crippen LogP contribution in [0.4, 0.5) is 4.39 Å². The molecule has 0 radical (unpaired) electrons. The normalized spacial score (nSPS) is 11.4. The molecule has 0 spiro atoms. The lowest BCUT2D eigenvalue weighted by molar-refractivity contribution is -0.154. The number of nitrogens with one attached hydrogen (secondary N) is 2. The Kier molecular flexibility index (Phi) is 5.44. The highest BCUT2D eigenvalue weighted by molar-refractivity contribution is 6.01. The number of hydrogen-bond acceptors (Lipinski definition) is 4. The van der Waals surface area contributed by atoms with Crippen molar-refractivity contribution in [3.8, 4) is 11.3 Å². The van der Waals surface area contributed by atoms with Gasteiger partial charge in [-0.15, -0.1) is 0 Å². The molecule has 2 N–H and O–H groups in total. The van der Waals surface area contributed by atoms with Crippen molar-refractivity contribution in [2.45, 2.75) is 32.8 Å². The van der Waals surface area contributed by atoms with Crippen LogP contribution in [-0.2, 0) is 9.53 Å². The molecule has 146 valence electrons. The number of rotatable bonds is 5. The van der Waals surface area contributed by atoms with Crippen LogP contribution in [0.3, 0.4) is 0 Å². The Hall–Kier alpha value is -3.22. The fourth-order valence-electron chi connectivity index (χ4n) is 2.76. The van der Waals surface area contributed by atoms with E-state index in [1.54, 1.807) is 51.1 Å². The largest absolute Gasteiger partial charge is 0.460 e. The molecule has 0 bridgehead atoms. The third-order valence-corrected chi connectivity index (χ3v) is 3.98. The highest BCUT2D eigenvalue weighted by Gasteiger charge is 2.17. The lowest BCUT2D eigenvalue weighted by Crippen LogP contribution is -2.29. The molecule has 1 heterocycles. The van der Waals surface area contributed by atoms with Gasteiger partial charge in [0.25, 0.3) is 5.91 Å². The molecule has 0 atom stereocenters. The highest BCUT2D eigenvalue weighted by atomic mass is 19.1. The second kappa shape index (κ2) is 7.80. The minimum atomic E-state index is -0.551. The van der Waals surface area contributed by atoms with Crippen molar-refractivity contribution < 1.29 is 18.7 Å². The summed E-state index contributed by atoms with van der Waals surface area (Å²) >= 11 is 0. The fraction of sp³-hybridized carbons (Fsp3) is 0.286. The van der Waals surface area contributed by atoms with Gasteiger partial charge in [-0.25, -0.2) is 4.39 Å². The van der Waals surface area contributed by atoms with E-state index in [2.05, 4.69) is 15.5 Å². The number of fused-ring (bicyclic) bond motifs is 1. The lowest BCUT2D eigenvalue weighted by atomic mass is 10.1. The van der Waals surface area contributed by atoms with Crippen LogP contribution in [0.2, 0.25) is 0 Å². The SMILES string of the molecule is CC(C)(C)OC(=O)CCNC(=O)c1ccc2[nH]nc(-c3ccc(F)cc3)c2c1. The number of aromatic nitrogens is 2. The molecule has 1 amide bonds. The van der Waals surface area contributed by atoms with Gasteiger partial charge in [0.1, 0.15) is 11.4 Å². The lowest BCUT2D eigenvalue weighted by Gasteiger charge is -2.19. The first kappa shape index (κ1) is 19.5. The van der Waals surface area contributed by atoms with Crippen LogP contribution in [-0.4, -0.2) is 34.2 Å². The Morgan fingerprint density at radius 3 is 2.54 bits per heavy atom. The number of aromatic amines is 1. The third kappa shape index (κ3) is 4.73. The molecule has 28 heavy (non-hydrogen) atoms. The molecule has 0 saturated heterocycles. The number of benzene rings is 2. The van der Waals surface area contributed by atoms with Crippen LogP contribution in [0.5, 0.6) is 0 Å². The van der Waals surface area contributed by atoms with Crippen LogP contribution in [0.1, 0.15) is 37.6 Å². The number of carbonyl (C=O) groups excluding carboxylic acids is 2. The van der Waals surface area contributed by atoms with Crippen molar-refractivity contribution in [3.05, 3.63) is 53.8 Å². The number of carbonyl (C=O) groups is 2. The molecular formula is C21H22FN3O3. The summed E-state index contributed by atoms with van der Waals surface area (Å²) in [5.74, 6) is -0.984. The first-order valence-electron chi connectivity index (χ1n) is 8.97. The van der Waals surface area contributed by atoms with E-state index in [0.717, 1.165) is 16.5 Å². The van der Waals surface area contributed by atoms with Crippen molar-refractivity contribution >= 4 is 22.8 Å². The molecule has 0 aliphatic rings. The topological polar surface area (TPSA) is 84.1 Å². The van der Waals surface area contributed by atoms with E-state index < -0.39 is 5.60 Å². The summed E-state index contributed by atoms with van der Waals surface area (Å²) in [6.45, 7) is 5.56. The van der Waals surface area contributed by atoms with Gasteiger partial charge < -0.3 is 10.1 Å². The van der Waals surface area contributed by atoms with Gasteiger partial charge in [0.15, 0.2) is 0 Å². The number of halogens is 1. The maximum atomic E-state index is 13.2. The van der Waals surface area contributed by atoms with Crippen molar-refractivity contribution in [2.24, 2.45) is 0 Å². The van der Waals surface area contributed by atoms with Crippen LogP contribution in [0, 0.1) is 5.82 Å². The van der Waals surface area contributed by atoms with E-state index >= 15 is 0 Å². The van der Waals surface area contributed by atoms with Crippen LogP contribution in [0.15, 0.2) is 42.5 Å². The fourth-order valence-corrected chi connectivity index (χ4v) is 2.76. The number of hydrogen-bond donors (Lipinski definition) is 2. The summed E-state index contributed by atoms with van der Waals surface area (Å²) in [7, 11) is 0. The average molecular weight is 383 g/mol. The summed E-state index contributed by atoms with van der Waals surface area (Å²) < 4.78 is 18.4. The molecule has 6 nitrogen and oxygen atoms in total. The van der Waals surface area contributed by atoms with Gasteiger partial charge in [0, 0.05) is 23.1 Å². The minimum Gasteiger partial charge on any atom is -0.460 e. The summed E-state index contributed by atoms with van der Waals surface area (Å²) in [6.07, 6.45) is 0.0950. The van der Waals surface area contributed by atoms with Crippen molar-refractivity contribution in [2.75, 3.05) is 6.54 Å². The predicted octanol–water partition coefficient (Wildman–Crippen LogP) is 3.83. The zero-order chi connectivity index (χ0) is 20.3. The molecule has 0 aliphatic heterocycles. The van der Waals surface area contributed by atoms with Gasteiger partial charge in [0.05, 0.1) is 17.6 Å². The Balaban J connectivity index is 1.71. The summed E-state index contributed by atoms with van der Waals surface area (Å²) in [5, 5.41) is 10.7. The van der Waals surface area contributed by atoms with E-state index in [1.165, 1.54) is 12.1 Å². The highest BCUT2D eigenvalue weighted by Crippen LogP contribution is 2.27. The average Bonchev–Trinajstić information content (AvgIpc) is 3.04. The second-order valence-corrected chi connectivity index (χ2v) is 7.43. The monoisotopic (exact) mass is 383 g/mol. The van der Waals surface area contributed by atoms with Crippen molar-refractivity contribution in [3.63, 3.8) is 0 Å². The van der Waals surface area contributed by atoms with E-state index in [0.29, 0.717) is 11.3 Å². The minimum absolute atomic E-state index is 0.0950. The summed E-state index contributed by atoms with van der Waals surface area (Å²) in [6, 6.07) is 11.2. The summed E-state index contributed by atoms with van der Waals surface area (Å²) in [5.41, 5.74) is 2.05. The Morgan fingerprint density at radius 2 is 1.86 bits per heavy atom. The van der Waals surface area contributed by atoms with E-state index in [9.17, 15) is 14.0 Å². The number of amides is 1. The van der Waals surface area contributed by atoms with E-state index in [4.69, 9.17) is 4.74 Å². The molecule has 3 aromatic rings.